The summed E-state index contributed by atoms with van der Waals surface area (Å²) in [6.45, 7) is 4.56. The number of aromatic nitrogens is 2. The van der Waals surface area contributed by atoms with Crippen LogP contribution in [0.15, 0.2) is 0 Å². The average Bonchev–Trinajstić information content (AvgIpc) is 3.12. The molecule has 0 aromatic carbocycles. The molecule has 0 spiro atoms. The van der Waals surface area contributed by atoms with Gasteiger partial charge in [-0.1, -0.05) is 0 Å². The van der Waals surface area contributed by atoms with Crippen LogP contribution in [-0.2, 0) is 0 Å². The zero-order valence-electron chi connectivity index (χ0n) is 10.3. The molecule has 1 saturated carbocycles. The number of anilines is 1. The molecule has 2 atom stereocenters. The Balaban J connectivity index is 1.56. The summed E-state index contributed by atoms with van der Waals surface area (Å²) in [5.74, 6) is 2.44. The second-order valence-electron chi connectivity index (χ2n) is 5.27. The van der Waals surface area contributed by atoms with Crippen molar-refractivity contribution in [3.8, 4) is 0 Å². The van der Waals surface area contributed by atoms with Crippen molar-refractivity contribution in [2.75, 3.05) is 18.4 Å². The summed E-state index contributed by atoms with van der Waals surface area (Å²) in [6.07, 6.45) is 5.16. The molecular formula is C12H20N4S. The maximum absolute atomic E-state index is 4.58. The molecule has 2 aliphatic rings. The van der Waals surface area contributed by atoms with Gasteiger partial charge in [0.2, 0.25) is 5.13 Å². The summed E-state index contributed by atoms with van der Waals surface area (Å²) < 4.78 is 4.43. The third-order valence-corrected chi connectivity index (χ3v) is 4.44. The first-order chi connectivity index (χ1) is 8.33. The summed E-state index contributed by atoms with van der Waals surface area (Å²) in [5.41, 5.74) is 0. The predicted octanol–water partition coefficient (Wildman–Crippen LogP) is 2.22. The van der Waals surface area contributed by atoms with Crippen molar-refractivity contribution in [2.45, 2.75) is 44.6 Å². The number of piperidine rings is 1. The quantitative estimate of drug-likeness (QED) is 0.862. The summed E-state index contributed by atoms with van der Waals surface area (Å²) >= 11 is 1.52. The van der Waals surface area contributed by atoms with Gasteiger partial charge in [0.05, 0.1) is 0 Å². The minimum atomic E-state index is 0.489. The van der Waals surface area contributed by atoms with Gasteiger partial charge in [-0.2, -0.15) is 4.37 Å². The highest BCUT2D eigenvalue weighted by Crippen LogP contribution is 2.39. The van der Waals surface area contributed by atoms with Crippen LogP contribution >= 0.6 is 11.5 Å². The van der Waals surface area contributed by atoms with Gasteiger partial charge >= 0.3 is 0 Å². The molecule has 1 saturated heterocycles. The first-order valence-corrected chi connectivity index (χ1v) is 7.41. The molecule has 1 aliphatic heterocycles. The number of nitrogens with zero attached hydrogens (tertiary/aromatic N) is 2. The van der Waals surface area contributed by atoms with Gasteiger partial charge in [0.15, 0.2) is 0 Å². The lowest BCUT2D eigenvalue weighted by Gasteiger charge is -2.28. The van der Waals surface area contributed by atoms with E-state index in [0.717, 1.165) is 23.4 Å². The molecule has 1 aliphatic carbocycles. The largest absolute Gasteiger partial charge is 0.358 e. The molecule has 17 heavy (non-hydrogen) atoms. The predicted molar refractivity (Wildman–Crippen MR) is 70.6 cm³/mol. The molecule has 1 aromatic rings. The molecule has 2 fully saturated rings. The van der Waals surface area contributed by atoms with Crippen LogP contribution in [0.5, 0.6) is 0 Å². The number of nitrogens with one attached hydrogen (secondary N) is 2. The fourth-order valence-corrected chi connectivity index (χ4v) is 3.16. The van der Waals surface area contributed by atoms with E-state index in [2.05, 4.69) is 26.9 Å². The Morgan fingerprint density at radius 2 is 2.29 bits per heavy atom. The molecule has 0 bridgehead atoms. The van der Waals surface area contributed by atoms with Crippen LogP contribution in [0.1, 0.15) is 44.3 Å². The topological polar surface area (TPSA) is 49.8 Å². The third kappa shape index (κ3) is 2.77. The fourth-order valence-electron chi connectivity index (χ4n) is 2.42. The second kappa shape index (κ2) is 4.90. The zero-order chi connectivity index (χ0) is 11.7. The standard InChI is InChI=1S/C12H20N4S/c1-8(10-3-2-6-13-7-10)14-12-15-11(16-17-12)9-4-5-9/h8-10,13H,2-7H2,1H3,(H,14,15,16). The van der Waals surface area contributed by atoms with Crippen molar-refractivity contribution < 1.29 is 0 Å². The molecule has 5 heteroatoms. The Bertz CT molecular complexity index is 368. The highest BCUT2D eigenvalue weighted by Gasteiger charge is 2.28. The Morgan fingerprint density at radius 1 is 1.41 bits per heavy atom. The van der Waals surface area contributed by atoms with Crippen LogP contribution in [0.25, 0.3) is 0 Å². The lowest BCUT2D eigenvalue weighted by molar-refractivity contribution is 0.347. The van der Waals surface area contributed by atoms with Gasteiger partial charge in [-0.15, -0.1) is 0 Å². The monoisotopic (exact) mass is 252 g/mol. The van der Waals surface area contributed by atoms with E-state index >= 15 is 0 Å². The molecular weight excluding hydrogens is 232 g/mol. The molecule has 3 rings (SSSR count). The summed E-state index contributed by atoms with van der Waals surface area (Å²) in [6, 6.07) is 0.489. The van der Waals surface area contributed by atoms with Gasteiger partial charge in [-0.05, 0) is 51.6 Å². The van der Waals surface area contributed by atoms with Gasteiger partial charge in [0, 0.05) is 23.5 Å². The molecule has 4 nitrogen and oxygen atoms in total. The highest BCUT2D eigenvalue weighted by atomic mass is 32.1. The molecule has 0 radical (unpaired) electrons. The normalized spacial score (nSPS) is 26.8. The van der Waals surface area contributed by atoms with Gasteiger partial charge < -0.3 is 10.6 Å². The van der Waals surface area contributed by atoms with Gasteiger partial charge in [0.25, 0.3) is 0 Å². The maximum atomic E-state index is 4.58. The molecule has 94 valence electrons. The lowest BCUT2D eigenvalue weighted by atomic mass is 9.93. The SMILES string of the molecule is CC(Nc1nc(C2CC2)ns1)C1CCCNC1. The van der Waals surface area contributed by atoms with Crippen molar-refractivity contribution in [3.05, 3.63) is 5.82 Å². The van der Waals surface area contributed by atoms with E-state index < -0.39 is 0 Å². The zero-order valence-corrected chi connectivity index (χ0v) is 11.1. The summed E-state index contributed by atoms with van der Waals surface area (Å²) in [5, 5.41) is 7.99. The van der Waals surface area contributed by atoms with Crippen molar-refractivity contribution in [1.29, 1.82) is 0 Å². The van der Waals surface area contributed by atoms with Gasteiger partial charge in [0.1, 0.15) is 5.82 Å². The van der Waals surface area contributed by atoms with Crippen LogP contribution in [0.3, 0.4) is 0 Å². The van der Waals surface area contributed by atoms with E-state index in [4.69, 9.17) is 0 Å². The van der Waals surface area contributed by atoms with E-state index in [1.165, 1.54) is 43.8 Å². The molecule has 2 N–H and O–H groups in total. The molecule has 2 unspecified atom stereocenters. The number of hydrogen-bond acceptors (Lipinski definition) is 5. The van der Waals surface area contributed by atoms with Crippen LogP contribution < -0.4 is 10.6 Å². The van der Waals surface area contributed by atoms with Crippen molar-refractivity contribution in [1.82, 2.24) is 14.7 Å². The molecule has 2 heterocycles. The molecule has 1 aromatic heterocycles. The van der Waals surface area contributed by atoms with E-state index in [1.54, 1.807) is 0 Å². The first kappa shape index (κ1) is 11.4. The summed E-state index contributed by atoms with van der Waals surface area (Å²) in [7, 11) is 0. The van der Waals surface area contributed by atoms with E-state index in [1.807, 2.05) is 0 Å². The number of rotatable bonds is 4. The highest BCUT2D eigenvalue weighted by molar-refractivity contribution is 7.09. The van der Waals surface area contributed by atoms with E-state index in [0.29, 0.717) is 12.0 Å². The summed E-state index contributed by atoms with van der Waals surface area (Å²) in [4.78, 5) is 4.58. The molecule has 0 amide bonds. The van der Waals surface area contributed by atoms with Crippen LogP contribution in [0.4, 0.5) is 5.13 Å². The minimum Gasteiger partial charge on any atom is -0.358 e. The Labute approximate surface area is 106 Å². The fraction of sp³-hybridized carbons (Fsp3) is 0.833. The Kier molecular flexibility index (Phi) is 3.29. The smallest absolute Gasteiger partial charge is 0.202 e. The first-order valence-electron chi connectivity index (χ1n) is 6.64. The lowest BCUT2D eigenvalue weighted by Crippen LogP contribution is -2.38. The van der Waals surface area contributed by atoms with Crippen molar-refractivity contribution in [2.24, 2.45) is 5.92 Å². The average molecular weight is 252 g/mol. The Morgan fingerprint density at radius 3 is 3.00 bits per heavy atom. The maximum Gasteiger partial charge on any atom is 0.202 e. The van der Waals surface area contributed by atoms with Crippen LogP contribution in [0, 0.1) is 5.92 Å². The van der Waals surface area contributed by atoms with Gasteiger partial charge in [-0.3, -0.25) is 0 Å². The number of hydrogen-bond donors (Lipinski definition) is 2. The van der Waals surface area contributed by atoms with E-state index in [-0.39, 0.29) is 0 Å². The minimum absolute atomic E-state index is 0.489. The van der Waals surface area contributed by atoms with Crippen LogP contribution in [-0.4, -0.2) is 28.5 Å². The third-order valence-electron chi connectivity index (χ3n) is 3.78. The van der Waals surface area contributed by atoms with Crippen molar-refractivity contribution in [3.63, 3.8) is 0 Å². The second-order valence-corrected chi connectivity index (χ2v) is 6.02. The van der Waals surface area contributed by atoms with Crippen LogP contribution in [0.2, 0.25) is 0 Å². The van der Waals surface area contributed by atoms with Crippen molar-refractivity contribution >= 4 is 16.7 Å². The Hall–Kier alpha value is -0.680. The van der Waals surface area contributed by atoms with Gasteiger partial charge in [-0.25, -0.2) is 4.98 Å². The van der Waals surface area contributed by atoms with E-state index in [9.17, 15) is 0 Å².